The smallest absolute Gasteiger partial charge is 0.343 e. The van der Waals surface area contributed by atoms with Gasteiger partial charge in [-0.05, 0) is 67.4 Å². The number of anilines is 2. The molecule has 1 N–H and O–H groups in total. The lowest BCUT2D eigenvalue weighted by Crippen LogP contribution is -2.32. The number of imide groups is 1. The fourth-order valence-corrected chi connectivity index (χ4v) is 3.72. The number of ether oxygens (including phenoxy) is 1. The van der Waals surface area contributed by atoms with Crippen molar-refractivity contribution in [3.05, 3.63) is 99.2 Å². The van der Waals surface area contributed by atoms with Gasteiger partial charge in [0.1, 0.15) is 16.5 Å². The van der Waals surface area contributed by atoms with Gasteiger partial charge in [0.2, 0.25) is 0 Å². The highest BCUT2D eigenvalue weighted by molar-refractivity contribution is 6.53. The maximum Gasteiger partial charge on any atom is 0.343 e. The van der Waals surface area contributed by atoms with Crippen LogP contribution in [0.4, 0.5) is 11.4 Å². The number of nitrogens with one attached hydrogen (secondary N) is 1. The highest BCUT2D eigenvalue weighted by atomic mass is 35.5. The molecule has 1 aliphatic heterocycles. The third-order valence-electron chi connectivity index (χ3n) is 5.27. The van der Waals surface area contributed by atoms with E-state index in [0.29, 0.717) is 17.0 Å². The summed E-state index contributed by atoms with van der Waals surface area (Å²) in [5, 5.41) is 2.86. The van der Waals surface area contributed by atoms with E-state index in [-0.39, 0.29) is 21.4 Å². The first-order chi connectivity index (χ1) is 15.8. The summed E-state index contributed by atoms with van der Waals surface area (Å²) in [6.07, 6.45) is 0. The van der Waals surface area contributed by atoms with Crippen molar-refractivity contribution in [1.29, 1.82) is 0 Å². The van der Waals surface area contributed by atoms with Gasteiger partial charge in [0, 0.05) is 5.69 Å². The minimum Gasteiger partial charge on any atom is -0.423 e. The molecule has 3 aromatic carbocycles. The predicted octanol–water partition coefficient (Wildman–Crippen LogP) is 5.61. The van der Waals surface area contributed by atoms with E-state index in [4.69, 9.17) is 27.9 Å². The van der Waals surface area contributed by atoms with Crippen LogP contribution < -0.4 is 15.0 Å². The molecule has 0 radical (unpaired) electrons. The Kier molecular flexibility index (Phi) is 6.22. The van der Waals surface area contributed by atoms with Crippen LogP contribution in [0.1, 0.15) is 21.5 Å². The zero-order chi connectivity index (χ0) is 23.7. The molecule has 2 amide bonds. The third kappa shape index (κ3) is 4.35. The number of nitrogens with zero attached hydrogens (tertiary/aromatic N) is 1. The van der Waals surface area contributed by atoms with Gasteiger partial charge >= 0.3 is 5.97 Å². The number of esters is 1. The fraction of sp³-hybridized carbons (Fsp3) is 0.0800. The number of carbonyl (C=O) groups is 3. The Morgan fingerprint density at radius 1 is 0.879 bits per heavy atom. The van der Waals surface area contributed by atoms with Crippen LogP contribution in [0.25, 0.3) is 0 Å². The second kappa shape index (κ2) is 9.10. The normalized spacial score (nSPS) is 13.5. The Morgan fingerprint density at radius 2 is 1.58 bits per heavy atom. The van der Waals surface area contributed by atoms with Crippen LogP contribution in [0.3, 0.4) is 0 Å². The summed E-state index contributed by atoms with van der Waals surface area (Å²) in [4.78, 5) is 38.9. The molecule has 4 rings (SSSR count). The number of rotatable bonds is 5. The maximum atomic E-state index is 12.9. The first-order valence-electron chi connectivity index (χ1n) is 9.96. The van der Waals surface area contributed by atoms with E-state index >= 15 is 0 Å². The zero-order valence-corrected chi connectivity index (χ0v) is 19.2. The summed E-state index contributed by atoms with van der Waals surface area (Å²) in [7, 11) is 0. The molecular weight excluding hydrogens is 463 g/mol. The monoisotopic (exact) mass is 480 g/mol. The van der Waals surface area contributed by atoms with Crippen LogP contribution in [0.15, 0.2) is 77.5 Å². The van der Waals surface area contributed by atoms with Gasteiger partial charge in [0.05, 0.1) is 16.3 Å². The van der Waals surface area contributed by atoms with Gasteiger partial charge in [0.15, 0.2) is 0 Å². The highest BCUT2D eigenvalue weighted by Crippen LogP contribution is 2.34. The molecule has 6 nitrogen and oxygen atoms in total. The largest absolute Gasteiger partial charge is 0.423 e. The average Bonchev–Trinajstić information content (AvgIpc) is 3.01. The molecule has 166 valence electrons. The number of para-hydroxylation sites is 1. The molecule has 0 spiro atoms. The first kappa shape index (κ1) is 22.6. The summed E-state index contributed by atoms with van der Waals surface area (Å²) >= 11 is 12.3. The minimum absolute atomic E-state index is 0.0766. The van der Waals surface area contributed by atoms with Crippen molar-refractivity contribution in [3.63, 3.8) is 0 Å². The summed E-state index contributed by atoms with van der Waals surface area (Å²) in [5.41, 5.74) is 2.87. The van der Waals surface area contributed by atoms with Gasteiger partial charge in [-0.15, -0.1) is 0 Å². The molecule has 8 heteroatoms. The molecule has 33 heavy (non-hydrogen) atoms. The number of aryl methyl sites for hydroxylation is 1. The summed E-state index contributed by atoms with van der Waals surface area (Å²) < 4.78 is 5.50. The molecular formula is C25H18Cl2N2O4. The molecule has 0 aromatic heterocycles. The first-order valence-corrected chi connectivity index (χ1v) is 10.7. The van der Waals surface area contributed by atoms with Gasteiger partial charge in [0.25, 0.3) is 11.8 Å². The number of benzene rings is 3. The minimum atomic E-state index is -0.675. The summed E-state index contributed by atoms with van der Waals surface area (Å²) in [6.45, 7) is 3.82. The van der Waals surface area contributed by atoms with Crippen molar-refractivity contribution >= 4 is 52.4 Å². The number of amides is 2. The molecule has 0 fully saturated rings. The van der Waals surface area contributed by atoms with Gasteiger partial charge in [-0.3, -0.25) is 9.59 Å². The predicted molar refractivity (Wildman–Crippen MR) is 128 cm³/mol. The van der Waals surface area contributed by atoms with Crippen molar-refractivity contribution < 1.29 is 19.1 Å². The van der Waals surface area contributed by atoms with Gasteiger partial charge in [-0.25, -0.2) is 9.69 Å². The van der Waals surface area contributed by atoms with E-state index < -0.39 is 17.8 Å². The standard InChI is InChI=1S/C25H18Cl2N2O4/c1-14-6-5-9-20(15(14)2)33-25(32)16-10-12-17(13-11-16)28-22-21(27)23(30)29(24(22)31)19-8-4-3-7-18(19)26/h3-13,28H,1-2H3. The summed E-state index contributed by atoms with van der Waals surface area (Å²) in [5.74, 6) is -1.32. The Labute approximate surface area is 200 Å². The molecule has 1 aliphatic rings. The van der Waals surface area contributed by atoms with E-state index in [2.05, 4.69) is 5.32 Å². The van der Waals surface area contributed by atoms with E-state index in [9.17, 15) is 14.4 Å². The van der Waals surface area contributed by atoms with Crippen LogP contribution in [-0.4, -0.2) is 17.8 Å². The van der Waals surface area contributed by atoms with E-state index in [1.165, 1.54) is 0 Å². The van der Waals surface area contributed by atoms with Crippen LogP contribution in [-0.2, 0) is 9.59 Å². The Morgan fingerprint density at radius 3 is 2.27 bits per heavy atom. The molecule has 0 saturated carbocycles. The fourth-order valence-electron chi connectivity index (χ4n) is 3.29. The molecule has 0 atom stereocenters. The third-order valence-corrected chi connectivity index (χ3v) is 5.94. The van der Waals surface area contributed by atoms with Crippen LogP contribution in [0.5, 0.6) is 5.75 Å². The highest BCUT2D eigenvalue weighted by Gasteiger charge is 2.39. The Bertz CT molecular complexity index is 1320. The van der Waals surface area contributed by atoms with Crippen molar-refractivity contribution in [3.8, 4) is 5.75 Å². The second-order valence-corrected chi connectivity index (χ2v) is 8.16. The quantitative estimate of drug-likeness (QED) is 0.291. The Balaban J connectivity index is 1.50. The van der Waals surface area contributed by atoms with E-state index in [0.717, 1.165) is 16.0 Å². The van der Waals surface area contributed by atoms with E-state index in [1.807, 2.05) is 26.0 Å². The van der Waals surface area contributed by atoms with Crippen LogP contribution >= 0.6 is 23.2 Å². The lowest BCUT2D eigenvalue weighted by Gasteiger charge is -2.16. The van der Waals surface area contributed by atoms with Gasteiger partial charge in [-0.2, -0.15) is 0 Å². The number of carbonyl (C=O) groups excluding carboxylic acids is 3. The molecule has 3 aromatic rings. The lowest BCUT2D eigenvalue weighted by atomic mass is 10.1. The lowest BCUT2D eigenvalue weighted by molar-refractivity contribution is -0.120. The van der Waals surface area contributed by atoms with Crippen LogP contribution in [0, 0.1) is 13.8 Å². The zero-order valence-electron chi connectivity index (χ0n) is 17.7. The number of hydrogen-bond acceptors (Lipinski definition) is 5. The van der Waals surface area contributed by atoms with Crippen LogP contribution in [0.2, 0.25) is 5.02 Å². The van der Waals surface area contributed by atoms with Crippen molar-refractivity contribution in [2.45, 2.75) is 13.8 Å². The molecule has 0 bridgehead atoms. The Hall–Kier alpha value is -3.61. The number of hydrogen-bond donors (Lipinski definition) is 1. The molecule has 0 aliphatic carbocycles. The molecule has 1 heterocycles. The van der Waals surface area contributed by atoms with Crippen molar-refractivity contribution in [2.24, 2.45) is 0 Å². The number of halogens is 2. The van der Waals surface area contributed by atoms with E-state index in [1.54, 1.807) is 54.6 Å². The second-order valence-electron chi connectivity index (χ2n) is 7.38. The maximum absolute atomic E-state index is 12.9. The summed E-state index contributed by atoms with van der Waals surface area (Å²) in [6, 6.07) is 18.3. The van der Waals surface area contributed by atoms with Crippen molar-refractivity contribution in [1.82, 2.24) is 0 Å². The SMILES string of the molecule is Cc1cccc(OC(=O)c2ccc(NC3=C(Cl)C(=O)N(c4ccccc4Cl)C3=O)cc2)c1C. The molecule has 0 unspecified atom stereocenters. The molecule has 0 saturated heterocycles. The van der Waals surface area contributed by atoms with Gasteiger partial charge in [-0.1, -0.05) is 47.5 Å². The topological polar surface area (TPSA) is 75.7 Å². The van der Waals surface area contributed by atoms with Gasteiger partial charge < -0.3 is 10.1 Å². The van der Waals surface area contributed by atoms with Crippen molar-refractivity contribution in [2.75, 3.05) is 10.2 Å². The average molecular weight is 481 g/mol.